The molecular formula is C18H12O7. The van der Waals surface area contributed by atoms with Crippen LogP contribution in [0.4, 0.5) is 0 Å². The summed E-state index contributed by atoms with van der Waals surface area (Å²) < 4.78 is 5.76. The van der Waals surface area contributed by atoms with Crippen LogP contribution in [-0.2, 0) is 4.79 Å². The van der Waals surface area contributed by atoms with Crippen molar-refractivity contribution in [3.8, 4) is 23.0 Å². The lowest BCUT2D eigenvalue weighted by molar-refractivity contribution is -0.131. The number of fused-ring (bicyclic) bond motifs is 5. The zero-order valence-electron chi connectivity index (χ0n) is 12.6. The van der Waals surface area contributed by atoms with Crippen LogP contribution < -0.4 is 4.74 Å². The van der Waals surface area contributed by atoms with Crippen LogP contribution in [0, 0.1) is 0 Å². The maximum Gasteiger partial charge on any atom is 0.328 e. The number of carbonyl (C=O) groups excluding carboxylic acids is 1. The number of phenolic OH excluding ortho intramolecular Hbond substituents is 3. The molecule has 0 aromatic heterocycles. The smallest absolute Gasteiger partial charge is 0.328 e. The summed E-state index contributed by atoms with van der Waals surface area (Å²) in [6, 6.07) is 5.32. The van der Waals surface area contributed by atoms with E-state index in [9.17, 15) is 24.9 Å². The Bertz CT molecular complexity index is 974. The second kappa shape index (κ2) is 5.01. The average molecular weight is 340 g/mol. The minimum Gasteiger partial charge on any atom is -0.504 e. The Labute approximate surface area is 141 Å². The van der Waals surface area contributed by atoms with Gasteiger partial charge in [-0.1, -0.05) is 6.07 Å². The summed E-state index contributed by atoms with van der Waals surface area (Å²) >= 11 is 0. The van der Waals surface area contributed by atoms with Gasteiger partial charge in [0.1, 0.15) is 6.10 Å². The number of ketones is 1. The first kappa shape index (κ1) is 15.1. The molecule has 2 atom stereocenters. The number of carboxylic acid groups (broad SMARTS) is 1. The van der Waals surface area contributed by atoms with Gasteiger partial charge in [-0.15, -0.1) is 0 Å². The fourth-order valence-electron chi connectivity index (χ4n) is 3.42. The number of carboxylic acids is 1. The number of aliphatic carboxylic acids is 1. The number of carbonyl (C=O) groups is 2. The van der Waals surface area contributed by atoms with Crippen LogP contribution in [0.25, 0.3) is 6.08 Å². The number of rotatable bonds is 2. The third-order valence-corrected chi connectivity index (χ3v) is 4.47. The minimum absolute atomic E-state index is 0.120. The Morgan fingerprint density at radius 1 is 1.08 bits per heavy atom. The predicted octanol–water partition coefficient (Wildman–Crippen LogP) is 2.31. The fourth-order valence-corrected chi connectivity index (χ4v) is 3.42. The van der Waals surface area contributed by atoms with Crippen molar-refractivity contribution in [2.45, 2.75) is 12.0 Å². The molecule has 0 amide bonds. The standard InChI is InChI=1S/C18H12O7/c19-10-3-1-7(2-4-13(22)23)14-15-16(24)8-5-11(20)12(21)6-9(8)17(15)25-18(10)14/h1-6,15,17,19-21H,(H,22,23)/b4-2+. The third-order valence-electron chi connectivity index (χ3n) is 4.47. The molecule has 1 aliphatic heterocycles. The van der Waals surface area contributed by atoms with Crippen molar-refractivity contribution < 1.29 is 34.8 Å². The fraction of sp³-hybridized carbons (Fsp3) is 0.111. The molecule has 2 unspecified atom stereocenters. The van der Waals surface area contributed by atoms with E-state index < -0.39 is 23.7 Å². The quantitative estimate of drug-likeness (QED) is 0.488. The van der Waals surface area contributed by atoms with E-state index in [2.05, 4.69) is 0 Å². The van der Waals surface area contributed by atoms with Gasteiger partial charge in [0.25, 0.3) is 0 Å². The van der Waals surface area contributed by atoms with E-state index in [1.54, 1.807) is 0 Å². The van der Waals surface area contributed by atoms with Crippen LogP contribution in [0.2, 0.25) is 0 Å². The third kappa shape index (κ3) is 2.06. The molecule has 0 spiro atoms. The van der Waals surface area contributed by atoms with Crippen molar-refractivity contribution in [3.05, 3.63) is 52.6 Å². The number of aromatic hydroxyl groups is 3. The van der Waals surface area contributed by atoms with Gasteiger partial charge in [0.2, 0.25) is 0 Å². The monoisotopic (exact) mass is 340 g/mol. The van der Waals surface area contributed by atoms with Gasteiger partial charge < -0.3 is 25.2 Å². The van der Waals surface area contributed by atoms with Crippen molar-refractivity contribution in [1.29, 1.82) is 0 Å². The van der Waals surface area contributed by atoms with E-state index in [4.69, 9.17) is 9.84 Å². The molecule has 0 fully saturated rings. The lowest BCUT2D eigenvalue weighted by atomic mass is 9.90. The number of benzene rings is 2. The van der Waals surface area contributed by atoms with Gasteiger partial charge in [-0.05, 0) is 29.8 Å². The molecule has 0 saturated carbocycles. The van der Waals surface area contributed by atoms with Crippen LogP contribution in [0.1, 0.15) is 39.1 Å². The lowest BCUT2D eigenvalue weighted by Crippen LogP contribution is -2.09. The lowest BCUT2D eigenvalue weighted by Gasteiger charge is -2.10. The van der Waals surface area contributed by atoms with Crippen LogP contribution in [-0.4, -0.2) is 32.2 Å². The molecule has 4 N–H and O–H groups in total. The second-order valence-corrected chi connectivity index (χ2v) is 5.90. The highest BCUT2D eigenvalue weighted by atomic mass is 16.5. The van der Waals surface area contributed by atoms with Crippen molar-refractivity contribution in [2.24, 2.45) is 0 Å². The van der Waals surface area contributed by atoms with E-state index in [0.29, 0.717) is 16.7 Å². The molecule has 0 bridgehead atoms. The first-order chi connectivity index (χ1) is 11.9. The molecule has 126 valence electrons. The molecule has 2 aromatic rings. The number of Topliss-reactive ketones (excluding diaryl/α,β-unsaturated/α-hetero) is 1. The highest BCUT2D eigenvalue weighted by Crippen LogP contribution is 2.57. The Hall–Kier alpha value is -3.48. The molecule has 0 saturated heterocycles. The van der Waals surface area contributed by atoms with Gasteiger partial charge in [-0.25, -0.2) is 4.79 Å². The van der Waals surface area contributed by atoms with Crippen molar-refractivity contribution in [2.75, 3.05) is 0 Å². The van der Waals surface area contributed by atoms with Gasteiger partial charge in [-0.3, -0.25) is 4.79 Å². The van der Waals surface area contributed by atoms with E-state index >= 15 is 0 Å². The van der Waals surface area contributed by atoms with Gasteiger partial charge in [-0.2, -0.15) is 0 Å². The Kier molecular flexibility index (Phi) is 3.02. The summed E-state index contributed by atoms with van der Waals surface area (Å²) in [6.45, 7) is 0. The normalized spacial score (nSPS) is 20.2. The summed E-state index contributed by atoms with van der Waals surface area (Å²) in [7, 11) is 0. The maximum absolute atomic E-state index is 12.8. The first-order valence-corrected chi connectivity index (χ1v) is 7.42. The van der Waals surface area contributed by atoms with E-state index in [1.807, 2.05) is 0 Å². The largest absolute Gasteiger partial charge is 0.504 e. The molecule has 25 heavy (non-hydrogen) atoms. The molecule has 1 heterocycles. The molecule has 2 aromatic carbocycles. The molecule has 1 aliphatic carbocycles. The summed E-state index contributed by atoms with van der Waals surface area (Å²) in [6.07, 6.45) is 1.51. The van der Waals surface area contributed by atoms with Gasteiger partial charge in [0.15, 0.2) is 28.8 Å². The summed E-state index contributed by atoms with van der Waals surface area (Å²) in [5.41, 5.74) is 1.47. The van der Waals surface area contributed by atoms with Gasteiger partial charge >= 0.3 is 5.97 Å². The van der Waals surface area contributed by atoms with Crippen LogP contribution in [0.5, 0.6) is 23.0 Å². The SMILES string of the molecule is O=C(O)/C=C/c1ccc(O)c2c1C1C(=O)c3cc(O)c(O)cc3C1O2. The molecule has 2 aliphatic rings. The Balaban J connectivity index is 1.89. The number of phenols is 3. The maximum atomic E-state index is 12.8. The zero-order chi connectivity index (χ0) is 17.9. The first-order valence-electron chi connectivity index (χ1n) is 7.42. The van der Waals surface area contributed by atoms with Crippen LogP contribution in [0.15, 0.2) is 30.3 Å². The number of hydrogen-bond donors (Lipinski definition) is 4. The van der Waals surface area contributed by atoms with Gasteiger partial charge in [0.05, 0.1) is 5.92 Å². The van der Waals surface area contributed by atoms with Crippen molar-refractivity contribution >= 4 is 17.8 Å². The Morgan fingerprint density at radius 2 is 1.80 bits per heavy atom. The molecule has 7 nitrogen and oxygen atoms in total. The second-order valence-electron chi connectivity index (χ2n) is 5.90. The average Bonchev–Trinajstić information content (AvgIpc) is 3.06. The predicted molar refractivity (Wildman–Crippen MR) is 85.0 cm³/mol. The Morgan fingerprint density at radius 3 is 2.52 bits per heavy atom. The van der Waals surface area contributed by atoms with Crippen molar-refractivity contribution in [3.63, 3.8) is 0 Å². The van der Waals surface area contributed by atoms with E-state index in [-0.39, 0.29) is 28.6 Å². The zero-order valence-corrected chi connectivity index (χ0v) is 12.6. The molecular weight excluding hydrogens is 328 g/mol. The van der Waals surface area contributed by atoms with Crippen LogP contribution in [0.3, 0.4) is 0 Å². The molecule has 0 radical (unpaired) electrons. The highest BCUT2D eigenvalue weighted by molar-refractivity contribution is 6.08. The van der Waals surface area contributed by atoms with Gasteiger partial charge in [0, 0.05) is 22.8 Å². The topological polar surface area (TPSA) is 124 Å². The van der Waals surface area contributed by atoms with Crippen LogP contribution >= 0.6 is 0 Å². The number of ether oxygens (including phenoxy) is 1. The molecule has 4 rings (SSSR count). The van der Waals surface area contributed by atoms with E-state index in [1.165, 1.54) is 30.3 Å². The summed E-state index contributed by atoms with van der Waals surface area (Å²) in [5.74, 6) is -3.08. The molecule has 7 heteroatoms. The summed E-state index contributed by atoms with van der Waals surface area (Å²) in [4.78, 5) is 23.6. The van der Waals surface area contributed by atoms with Crippen molar-refractivity contribution in [1.82, 2.24) is 0 Å². The number of hydrogen-bond acceptors (Lipinski definition) is 6. The minimum atomic E-state index is -1.15. The highest BCUT2D eigenvalue weighted by Gasteiger charge is 2.50. The van der Waals surface area contributed by atoms with E-state index in [0.717, 1.165) is 6.08 Å². The summed E-state index contributed by atoms with van der Waals surface area (Å²) in [5, 5.41) is 38.2.